The predicted octanol–water partition coefficient (Wildman–Crippen LogP) is -0.826. The van der Waals surface area contributed by atoms with Crippen LogP contribution in [0.25, 0.3) is 0 Å². The molecule has 0 saturated carbocycles. The van der Waals surface area contributed by atoms with Crippen LogP contribution in [0.15, 0.2) is 0 Å². The maximum absolute atomic E-state index is 9.00. The smallest absolute Gasteiger partial charge is 0.300 e. The molecular formula is C13H31NO9. The van der Waals surface area contributed by atoms with E-state index >= 15 is 0 Å². The molecule has 0 aliphatic heterocycles. The maximum atomic E-state index is 9.00. The highest BCUT2D eigenvalue weighted by Crippen LogP contribution is 1.84. The summed E-state index contributed by atoms with van der Waals surface area (Å²) >= 11 is 0. The molecule has 0 aromatic heterocycles. The van der Waals surface area contributed by atoms with Crippen molar-refractivity contribution >= 4 is 17.9 Å². The quantitative estimate of drug-likeness (QED) is 0.356. The van der Waals surface area contributed by atoms with Crippen molar-refractivity contribution in [2.75, 3.05) is 39.5 Å². The Bertz CT molecular complexity index is 217. The van der Waals surface area contributed by atoms with E-state index < -0.39 is 17.9 Å². The Morgan fingerprint density at radius 3 is 0.870 bits per heavy atom. The lowest BCUT2D eigenvalue weighted by molar-refractivity contribution is -0.135. The lowest BCUT2D eigenvalue weighted by Crippen LogP contribution is -2.32. The third-order valence-electron chi connectivity index (χ3n) is 1.25. The van der Waals surface area contributed by atoms with Gasteiger partial charge in [-0.1, -0.05) is 7.43 Å². The van der Waals surface area contributed by atoms with Gasteiger partial charge in [0.2, 0.25) is 0 Å². The molecule has 0 bridgehead atoms. The second-order valence-electron chi connectivity index (χ2n) is 3.57. The minimum Gasteiger partial charge on any atom is -0.481 e. The van der Waals surface area contributed by atoms with Gasteiger partial charge in [-0.25, -0.2) is 0 Å². The van der Waals surface area contributed by atoms with Gasteiger partial charge in [0, 0.05) is 40.4 Å². The van der Waals surface area contributed by atoms with Crippen LogP contribution >= 0.6 is 0 Å². The molecule has 10 nitrogen and oxygen atoms in total. The number of carboxylic acids is 3. The molecule has 0 amide bonds. The van der Waals surface area contributed by atoms with E-state index in [0.717, 1.165) is 20.8 Å². The van der Waals surface area contributed by atoms with Gasteiger partial charge in [-0.05, 0) is 0 Å². The minimum atomic E-state index is -0.833. The molecule has 0 atom stereocenters. The first-order chi connectivity index (χ1) is 10.0. The first-order valence-corrected chi connectivity index (χ1v) is 6.18. The van der Waals surface area contributed by atoms with Crippen LogP contribution in [0.1, 0.15) is 28.2 Å². The highest BCUT2D eigenvalue weighted by atomic mass is 16.4. The van der Waals surface area contributed by atoms with Crippen LogP contribution in [0.4, 0.5) is 0 Å². The zero-order valence-corrected chi connectivity index (χ0v) is 13.1. The fourth-order valence-electron chi connectivity index (χ4n) is 0.760. The van der Waals surface area contributed by atoms with Crippen LogP contribution < -0.4 is 0 Å². The Balaban J connectivity index is -0.0000000700. The van der Waals surface area contributed by atoms with Crippen molar-refractivity contribution < 1.29 is 45.0 Å². The monoisotopic (exact) mass is 345 g/mol. The standard InChI is InChI=1S/C6H15NO3.3C2H4O2.CH4/c8-4-1-7(2-5-9)3-6-10;3*1-2(3)4;/h8-10H,1-6H2;3*1H3,(H,3,4);1H4. The number of hydrogen-bond donors (Lipinski definition) is 6. The van der Waals surface area contributed by atoms with Gasteiger partial charge in [0.25, 0.3) is 17.9 Å². The molecule has 0 aromatic carbocycles. The molecule has 142 valence electrons. The van der Waals surface area contributed by atoms with Crippen molar-refractivity contribution in [1.82, 2.24) is 4.90 Å². The van der Waals surface area contributed by atoms with Gasteiger partial charge in [-0.2, -0.15) is 0 Å². The van der Waals surface area contributed by atoms with Crippen molar-refractivity contribution in [3.63, 3.8) is 0 Å². The fourth-order valence-corrected chi connectivity index (χ4v) is 0.760. The SMILES string of the molecule is C.CC(=O)O.CC(=O)O.CC(=O)O.OCCN(CCO)CCO. The lowest BCUT2D eigenvalue weighted by atomic mass is 10.4. The first kappa shape index (κ1) is 33.0. The normalized spacial score (nSPS) is 7.96. The van der Waals surface area contributed by atoms with Crippen LogP contribution in [0.5, 0.6) is 0 Å². The van der Waals surface area contributed by atoms with Gasteiger partial charge in [-0.3, -0.25) is 19.3 Å². The van der Waals surface area contributed by atoms with E-state index in [1.54, 1.807) is 4.90 Å². The molecule has 0 aliphatic rings. The van der Waals surface area contributed by atoms with E-state index in [1.165, 1.54) is 0 Å². The molecular weight excluding hydrogens is 314 g/mol. The van der Waals surface area contributed by atoms with E-state index in [2.05, 4.69) is 0 Å². The van der Waals surface area contributed by atoms with Gasteiger partial charge in [0.1, 0.15) is 0 Å². The Morgan fingerprint density at radius 1 is 0.652 bits per heavy atom. The number of carboxylic acid groups (broad SMARTS) is 3. The molecule has 0 unspecified atom stereocenters. The Morgan fingerprint density at radius 2 is 0.783 bits per heavy atom. The molecule has 10 heteroatoms. The van der Waals surface area contributed by atoms with Gasteiger partial charge >= 0.3 is 0 Å². The number of aliphatic carboxylic acids is 3. The van der Waals surface area contributed by atoms with E-state index in [4.69, 9.17) is 45.0 Å². The number of aliphatic hydroxyl groups excluding tert-OH is 3. The summed E-state index contributed by atoms with van der Waals surface area (Å²) in [5.74, 6) is -2.50. The molecule has 0 saturated heterocycles. The minimum absolute atomic E-state index is 0. The summed E-state index contributed by atoms with van der Waals surface area (Å²) in [7, 11) is 0. The van der Waals surface area contributed by atoms with E-state index in [0.29, 0.717) is 19.6 Å². The fraction of sp³-hybridized carbons (Fsp3) is 0.769. The Kier molecular flexibility index (Phi) is 40.8. The molecule has 0 radical (unpaired) electrons. The van der Waals surface area contributed by atoms with Crippen molar-refractivity contribution in [3.8, 4) is 0 Å². The summed E-state index contributed by atoms with van der Waals surface area (Å²) in [5, 5.41) is 47.7. The first-order valence-electron chi connectivity index (χ1n) is 6.18. The predicted molar refractivity (Wildman–Crippen MR) is 84.4 cm³/mol. The summed E-state index contributed by atoms with van der Waals surface area (Å²) in [6.45, 7) is 5.00. The van der Waals surface area contributed by atoms with Crippen LogP contribution in [0, 0.1) is 0 Å². The summed E-state index contributed by atoms with van der Waals surface area (Å²) in [4.78, 5) is 28.8. The third-order valence-corrected chi connectivity index (χ3v) is 1.25. The van der Waals surface area contributed by atoms with Crippen molar-refractivity contribution in [2.45, 2.75) is 28.2 Å². The largest absolute Gasteiger partial charge is 0.481 e. The molecule has 0 rings (SSSR count). The van der Waals surface area contributed by atoms with Gasteiger partial charge in [-0.15, -0.1) is 0 Å². The number of aliphatic hydroxyl groups is 3. The van der Waals surface area contributed by atoms with Crippen LogP contribution in [0.3, 0.4) is 0 Å². The summed E-state index contributed by atoms with van der Waals surface area (Å²) in [6, 6.07) is 0. The second-order valence-corrected chi connectivity index (χ2v) is 3.57. The highest BCUT2D eigenvalue weighted by Gasteiger charge is 2.00. The van der Waals surface area contributed by atoms with Crippen molar-refractivity contribution in [2.24, 2.45) is 0 Å². The summed E-state index contributed by atoms with van der Waals surface area (Å²) < 4.78 is 0. The molecule has 6 N–H and O–H groups in total. The number of rotatable bonds is 6. The molecule has 0 fully saturated rings. The number of carbonyl (C=O) groups is 3. The lowest BCUT2D eigenvalue weighted by Gasteiger charge is -2.17. The topological polar surface area (TPSA) is 176 Å². The molecule has 0 heterocycles. The van der Waals surface area contributed by atoms with Gasteiger partial charge in [0.15, 0.2) is 0 Å². The molecule has 0 spiro atoms. The van der Waals surface area contributed by atoms with Crippen LogP contribution in [-0.4, -0.2) is 92.9 Å². The molecule has 0 aromatic rings. The number of hydrogen-bond acceptors (Lipinski definition) is 7. The van der Waals surface area contributed by atoms with Gasteiger partial charge < -0.3 is 30.6 Å². The van der Waals surface area contributed by atoms with Crippen LogP contribution in [-0.2, 0) is 14.4 Å². The molecule has 0 aliphatic carbocycles. The zero-order valence-electron chi connectivity index (χ0n) is 13.1. The van der Waals surface area contributed by atoms with E-state index in [1.807, 2.05) is 0 Å². The van der Waals surface area contributed by atoms with Crippen LogP contribution in [0.2, 0.25) is 0 Å². The van der Waals surface area contributed by atoms with E-state index in [9.17, 15) is 0 Å². The summed E-state index contributed by atoms with van der Waals surface area (Å²) in [6.07, 6.45) is 0. The second kappa shape index (κ2) is 28.4. The highest BCUT2D eigenvalue weighted by molar-refractivity contribution is 5.63. The summed E-state index contributed by atoms with van der Waals surface area (Å²) in [5.41, 5.74) is 0. The Labute approximate surface area is 136 Å². The van der Waals surface area contributed by atoms with Gasteiger partial charge in [0.05, 0.1) is 19.8 Å². The number of nitrogens with zero attached hydrogens (tertiary/aromatic N) is 1. The maximum Gasteiger partial charge on any atom is 0.300 e. The third kappa shape index (κ3) is 128. The van der Waals surface area contributed by atoms with Crippen molar-refractivity contribution in [1.29, 1.82) is 0 Å². The average Bonchev–Trinajstić information content (AvgIpc) is 2.27. The van der Waals surface area contributed by atoms with Crippen molar-refractivity contribution in [3.05, 3.63) is 0 Å². The molecule has 23 heavy (non-hydrogen) atoms. The van der Waals surface area contributed by atoms with E-state index in [-0.39, 0.29) is 27.2 Å². The average molecular weight is 345 g/mol. The zero-order chi connectivity index (χ0) is 18.6. The Hall–Kier alpha value is -1.75.